The summed E-state index contributed by atoms with van der Waals surface area (Å²) in [6, 6.07) is 0. The van der Waals surface area contributed by atoms with Crippen molar-refractivity contribution in [2.24, 2.45) is 17.3 Å². The number of hydrogen-bond acceptors (Lipinski definition) is 3. The number of Topliss-reactive ketones (excluding diaryl/α,β-unsaturated/α-hetero) is 2. The van der Waals surface area contributed by atoms with Crippen LogP contribution >= 0.6 is 0 Å². The predicted octanol–water partition coefficient (Wildman–Crippen LogP) is 1.97. The fourth-order valence-electron chi connectivity index (χ4n) is 2.33. The number of rotatable bonds is 1. The Morgan fingerprint density at radius 2 is 2.00 bits per heavy atom. The SMILES string of the molecule is CCC(C)(O)C#CC1C(C)C(=O)C(=O)CC1(C)C. The molecule has 3 heteroatoms. The lowest BCUT2D eigenvalue weighted by atomic mass is 9.63. The van der Waals surface area contributed by atoms with Crippen molar-refractivity contribution in [2.45, 2.75) is 53.1 Å². The molecular formula is C15H22O3. The molecule has 1 N–H and O–H groups in total. The fraction of sp³-hybridized carbons (Fsp3) is 0.733. The number of hydrogen-bond donors (Lipinski definition) is 1. The lowest BCUT2D eigenvalue weighted by Crippen LogP contribution is -2.44. The van der Waals surface area contributed by atoms with Crippen molar-refractivity contribution in [3.05, 3.63) is 0 Å². The van der Waals surface area contributed by atoms with E-state index in [1.54, 1.807) is 13.8 Å². The van der Waals surface area contributed by atoms with E-state index in [1.807, 2.05) is 20.8 Å². The smallest absolute Gasteiger partial charge is 0.202 e. The molecule has 0 amide bonds. The summed E-state index contributed by atoms with van der Waals surface area (Å²) in [7, 11) is 0. The second-order valence-electron chi connectivity index (χ2n) is 6.12. The van der Waals surface area contributed by atoms with Crippen LogP contribution in [0.4, 0.5) is 0 Å². The van der Waals surface area contributed by atoms with E-state index < -0.39 is 5.60 Å². The van der Waals surface area contributed by atoms with E-state index in [2.05, 4.69) is 11.8 Å². The Morgan fingerprint density at radius 3 is 2.50 bits per heavy atom. The number of carbonyl (C=O) groups excluding carboxylic acids is 2. The van der Waals surface area contributed by atoms with Gasteiger partial charge in [0.05, 0.1) is 0 Å². The largest absolute Gasteiger partial charge is 0.378 e. The van der Waals surface area contributed by atoms with E-state index in [0.29, 0.717) is 6.42 Å². The van der Waals surface area contributed by atoms with Crippen LogP contribution in [0.5, 0.6) is 0 Å². The van der Waals surface area contributed by atoms with Gasteiger partial charge >= 0.3 is 0 Å². The van der Waals surface area contributed by atoms with E-state index in [-0.39, 0.29) is 35.2 Å². The van der Waals surface area contributed by atoms with Crippen LogP contribution in [0.25, 0.3) is 0 Å². The summed E-state index contributed by atoms with van der Waals surface area (Å²) in [5.41, 5.74) is -1.35. The van der Waals surface area contributed by atoms with E-state index in [4.69, 9.17) is 0 Å². The minimum absolute atomic E-state index is 0.180. The molecule has 0 aliphatic heterocycles. The highest BCUT2D eigenvalue weighted by Crippen LogP contribution is 2.40. The van der Waals surface area contributed by atoms with Gasteiger partial charge in [0, 0.05) is 18.3 Å². The van der Waals surface area contributed by atoms with Crippen molar-refractivity contribution in [3.8, 4) is 11.8 Å². The average molecular weight is 250 g/mol. The van der Waals surface area contributed by atoms with Gasteiger partial charge < -0.3 is 5.11 Å². The molecule has 1 aliphatic rings. The Balaban J connectivity index is 3.05. The molecule has 3 nitrogen and oxygen atoms in total. The second kappa shape index (κ2) is 4.85. The van der Waals surface area contributed by atoms with Gasteiger partial charge in [-0.1, -0.05) is 39.5 Å². The van der Waals surface area contributed by atoms with Crippen molar-refractivity contribution in [3.63, 3.8) is 0 Å². The molecule has 0 radical (unpaired) electrons. The topological polar surface area (TPSA) is 54.4 Å². The Morgan fingerprint density at radius 1 is 1.44 bits per heavy atom. The lowest BCUT2D eigenvalue weighted by molar-refractivity contribution is -0.145. The molecule has 1 rings (SSSR count). The fourth-order valence-corrected chi connectivity index (χ4v) is 2.33. The van der Waals surface area contributed by atoms with Crippen molar-refractivity contribution in [1.82, 2.24) is 0 Å². The first kappa shape index (κ1) is 14.9. The maximum atomic E-state index is 11.7. The molecule has 0 aromatic carbocycles. The Labute approximate surface area is 109 Å². The minimum Gasteiger partial charge on any atom is -0.378 e. The predicted molar refractivity (Wildman–Crippen MR) is 69.8 cm³/mol. The van der Waals surface area contributed by atoms with Gasteiger partial charge in [-0.3, -0.25) is 9.59 Å². The number of carbonyl (C=O) groups is 2. The van der Waals surface area contributed by atoms with Crippen LogP contribution in [-0.2, 0) is 9.59 Å². The molecule has 0 heterocycles. The van der Waals surface area contributed by atoms with Crippen LogP contribution in [0.2, 0.25) is 0 Å². The highest BCUT2D eigenvalue weighted by molar-refractivity contribution is 6.38. The van der Waals surface area contributed by atoms with E-state index >= 15 is 0 Å². The van der Waals surface area contributed by atoms with Crippen LogP contribution in [-0.4, -0.2) is 22.3 Å². The zero-order chi connectivity index (χ0) is 14.1. The lowest BCUT2D eigenvalue weighted by Gasteiger charge is -2.38. The third-order valence-corrected chi connectivity index (χ3v) is 3.83. The standard InChI is InChI=1S/C15H22O3/c1-6-15(5,18)8-7-11-10(2)13(17)12(16)9-14(11,3)4/h10-11,18H,6,9H2,1-5H3. The Kier molecular flexibility index (Phi) is 4.02. The zero-order valence-electron chi connectivity index (χ0n) is 11.8. The molecular weight excluding hydrogens is 228 g/mol. The molecule has 1 fully saturated rings. The molecule has 0 bridgehead atoms. The zero-order valence-corrected chi connectivity index (χ0v) is 11.8. The number of aliphatic hydroxyl groups is 1. The van der Waals surface area contributed by atoms with Crippen molar-refractivity contribution in [2.75, 3.05) is 0 Å². The summed E-state index contributed by atoms with van der Waals surface area (Å²) >= 11 is 0. The van der Waals surface area contributed by atoms with Crippen LogP contribution in [0.3, 0.4) is 0 Å². The van der Waals surface area contributed by atoms with Gasteiger partial charge in [-0.05, 0) is 18.8 Å². The van der Waals surface area contributed by atoms with Crippen molar-refractivity contribution >= 4 is 11.6 Å². The molecule has 18 heavy (non-hydrogen) atoms. The molecule has 0 saturated heterocycles. The highest BCUT2D eigenvalue weighted by atomic mass is 16.3. The number of ketones is 2. The maximum Gasteiger partial charge on any atom is 0.202 e. The van der Waals surface area contributed by atoms with Crippen LogP contribution in [0.15, 0.2) is 0 Å². The van der Waals surface area contributed by atoms with Gasteiger partial charge in [0.1, 0.15) is 5.60 Å². The average Bonchev–Trinajstić information content (AvgIpc) is 2.25. The van der Waals surface area contributed by atoms with Gasteiger partial charge in [0.25, 0.3) is 0 Å². The first-order valence-electron chi connectivity index (χ1n) is 6.43. The monoisotopic (exact) mass is 250 g/mol. The highest BCUT2D eigenvalue weighted by Gasteiger charge is 2.45. The summed E-state index contributed by atoms with van der Waals surface area (Å²) in [4.78, 5) is 23.3. The quantitative estimate of drug-likeness (QED) is 0.572. The summed E-state index contributed by atoms with van der Waals surface area (Å²) in [5, 5.41) is 9.90. The van der Waals surface area contributed by atoms with E-state index in [9.17, 15) is 14.7 Å². The summed E-state index contributed by atoms with van der Waals surface area (Å²) in [6.45, 7) is 9.18. The van der Waals surface area contributed by atoms with E-state index in [1.165, 1.54) is 0 Å². The molecule has 1 saturated carbocycles. The van der Waals surface area contributed by atoms with Crippen LogP contribution in [0.1, 0.15) is 47.5 Å². The molecule has 1 aliphatic carbocycles. The first-order chi connectivity index (χ1) is 8.10. The molecule has 3 unspecified atom stereocenters. The minimum atomic E-state index is -1.03. The molecule has 3 atom stereocenters. The van der Waals surface area contributed by atoms with Crippen LogP contribution < -0.4 is 0 Å². The Bertz CT molecular complexity index is 421. The second-order valence-corrected chi connectivity index (χ2v) is 6.12. The maximum absolute atomic E-state index is 11.7. The van der Waals surface area contributed by atoms with Crippen LogP contribution in [0, 0.1) is 29.1 Å². The van der Waals surface area contributed by atoms with Gasteiger partial charge in [-0.25, -0.2) is 0 Å². The molecule has 0 spiro atoms. The van der Waals surface area contributed by atoms with Gasteiger partial charge in [-0.2, -0.15) is 0 Å². The van der Waals surface area contributed by atoms with Gasteiger partial charge in [0.2, 0.25) is 5.78 Å². The molecule has 0 aromatic rings. The summed E-state index contributed by atoms with van der Waals surface area (Å²) in [6.07, 6.45) is 0.776. The first-order valence-corrected chi connectivity index (χ1v) is 6.43. The van der Waals surface area contributed by atoms with Crippen molar-refractivity contribution in [1.29, 1.82) is 0 Å². The Hall–Kier alpha value is -1.14. The summed E-state index contributed by atoms with van der Waals surface area (Å²) < 4.78 is 0. The third kappa shape index (κ3) is 3.00. The molecule has 100 valence electrons. The molecule has 0 aromatic heterocycles. The van der Waals surface area contributed by atoms with Gasteiger partial charge in [-0.15, -0.1) is 0 Å². The third-order valence-electron chi connectivity index (χ3n) is 3.83. The van der Waals surface area contributed by atoms with Gasteiger partial charge in [0.15, 0.2) is 5.78 Å². The summed E-state index contributed by atoms with van der Waals surface area (Å²) in [5.74, 6) is 4.68. The van der Waals surface area contributed by atoms with E-state index in [0.717, 1.165) is 0 Å². The normalized spacial score (nSPS) is 30.3. The van der Waals surface area contributed by atoms with Crippen molar-refractivity contribution < 1.29 is 14.7 Å².